The minimum atomic E-state index is -0.0573. The standard InChI is InChI=1S/C16H19NO2S/c1-11(18)10-16(19)17-12-6-2-4-8-14(12)20-15-9-5-3-7-13(15)17/h2,4,6,8,13,15H,3,5,7,9-10H2,1H3. The number of thioether (sulfide) groups is 1. The number of ketones is 1. The topological polar surface area (TPSA) is 37.4 Å². The zero-order valence-corrected chi connectivity index (χ0v) is 12.5. The van der Waals surface area contributed by atoms with E-state index in [2.05, 4.69) is 6.07 Å². The van der Waals surface area contributed by atoms with Crippen LogP contribution in [0.25, 0.3) is 0 Å². The van der Waals surface area contributed by atoms with Gasteiger partial charge in [0.15, 0.2) is 0 Å². The normalized spacial score (nSPS) is 24.8. The number of benzene rings is 1. The van der Waals surface area contributed by atoms with E-state index in [1.807, 2.05) is 34.9 Å². The van der Waals surface area contributed by atoms with Gasteiger partial charge in [0.1, 0.15) is 5.78 Å². The molecule has 2 unspecified atom stereocenters. The third-order valence-electron chi connectivity index (χ3n) is 4.07. The van der Waals surface area contributed by atoms with Crippen molar-refractivity contribution in [3.8, 4) is 0 Å². The summed E-state index contributed by atoms with van der Waals surface area (Å²) in [6, 6.07) is 8.33. The molecule has 1 aliphatic carbocycles. The number of hydrogen-bond donors (Lipinski definition) is 0. The second-order valence-electron chi connectivity index (χ2n) is 5.62. The van der Waals surface area contributed by atoms with E-state index in [1.54, 1.807) is 0 Å². The Hall–Kier alpha value is -1.29. The molecule has 1 aromatic rings. The van der Waals surface area contributed by atoms with Crippen molar-refractivity contribution in [3.63, 3.8) is 0 Å². The largest absolute Gasteiger partial charge is 0.307 e. The molecule has 20 heavy (non-hydrogen) atoms. The minimum Gasteiger partial charge on any atom is -0.307 e. The molecule has 106 valence electrons. The molecule has 3 rings (SSSR count). The Morgan fingerprint density at radius 3 is 2.80 bits per heavy atom. The minimum absolute atomic E-state index is 0.0161. The van der Waals surface area contributed by atoms with Gasteiger partial charge in [0, 0.05) is 16.2 Å². The predicted molar refractivity (Wildman–Crippen MR) is 81.1 cm³/mol. The lowest BCUT2D eigenvalue weighted by atomic mass is 9.92. The van der Waals surface area contributed by atoms with Gasteiger partial charge in [0.2, 0.25) is 5.91 Å². The van der Waals surface area contributed by atoms with Crippen molar-refractivity contribution in [2.45, 2.75) is 55.2 Å². The van der Waals surface area contributed by atoms with Gasteiger partial charge in [-0.25, -0.2) is 0 Å². The number of carbonyl (C=O) groups excluding carboxylic acids is 2. The van der Waals surface area contributed by atoms with Gasteiger partial charge < -0.3 is 4.90 Å². The van der Waals surface area contributed by atoms with Crippen LogP contribution >= 0.6 is 11.8 Å². The first-order chi connectivity index (χ1) is 9.66. The van der Waals surface area contributed by atoms with Crippen LogP contribution in [-0.4, -0.2) is 23.0 Å². The number of para-hydroxylation sites is 1. The van der Waals surface area contributed by atoms with Crippen molar-refractivity contribution >= 4 is 29.1 Å². The molecule has 0 aromatic heterocycles. The highest BCUT2D eigenvalue weighted by molar-refractivity contribution is 8.00. The number of hydrogen-bond acceptors (Lipinski definition) is 3. The van der Waals surface area contributed by atoms with Crippen molar-refractivity contribution in [1.29, 1.82) is 0 Å². The lowest BCUT2D eigenvalue weighted by Gasteiger charge is -2.44. The maximum Gasteiger partial charge on any atom is 0.234 e. The van der Waals surface area contributed by atoms with Gasteiger partial charge in [-0.05, 0) is 31.9 Å². The Bertz CT molecular complexity index is 543. The van der Waals surface area contributed by atoms with E-state index in [0.29, 0.717) is 5.25 Å². The van der Waals surface area contributed by atoms with Gasteiger partial charge in [0.05, 0.1) is 12.1 Å². The average Bonchev–Trinajstić information content (AvgIpc) is 2.43. The van der Waals surface area contributed by atoms with Crippen molar-refractivity contribution in [1.82, 2.24) is 0 Å². The maximum absolute atomic E-state index is 12.5. The lowest BCUT2D eigenvalue weighted by Crippen LogP contribution is -2.50. The molecule has 1 amide bonds. The van der Waals surface area contributed by atoms with Crippen molar-refractivity contribution in [2.75, 3.05) is 4.90 Å². The van der Waals surface area contributed by atoms with Crippen LogP contribution < -0.4 is 4.90 Å². The molecule has 0 saturated heterocycles. The fourth-order valence-corrected chi connectivity index (χ4v) is 4.69. The molecular formula is C16H19NO2S. The van der Waals surface area contributed by atoms with E-state index >= 15 is 0 Å². The van der Waals surface area contributed by atoms with E-state index in [1.165, 1.54) is 24.7 Å². The Morgan fingerprint density at radius 1 is 1.25 bits per heavy atom. The zero-order valence-electron chi connectivity index (χ0n) is 11.7. The van der Waals surface area contributed by atoms with Crippen molar-refractivity contribution < 1.29 is 9.59 Å². The number of carbonyl (C=O) groups is 2. The van der Waals surface area contributed by atoms with Crippen LogP contribution in [0.2, 0.25) is 0 Å². The summed E-state index contributed by atoms with van der Waals surface area (Å²) in [5.74, 6) is -0.0970. The Morgan fingerprint density at radius 2 is 2.00 bits per heavy atom. The van der Waals surface area contributed by atoms with Crippen LogP contribution in [0, 0.1) is 0 Å². The van der Waals surface area contributed by atoms with E-state index in [0.717, 1.165) is 18.5 Å². The smallest absolute Gasteiger partial charge is 0.234 e. The Labute approximate surface area is 123 Å². The highest BCUT2D eigenvalue weighted by atomic mass is 32.2. The summed E-state index contributed by atoms with van der Waals surface area (Å²) in [5, 5.41) is 0.481. The molecule has 2 atom stereocenters. The molecule has 0 bridgehead atoms. The molecule has 1 saturated carbocycles. The van der Waals surface area contributed by atoms with Crippen LogP contribution in [0.3, 0.4) is 0 Å². The van der Waals surface area contributed by atoms with Crippen LogP contribution in [0.1, 0.15) is 39.0 Å². The molecule has 2 aliphatic rings. The average molecular weight is 289 g/mol. The first-order valence-corrected chi connectivity index (χ1v) is 8.12. The molecular weight excluding hydrogens is 270 g/mol. The van der Waals surface area contributed by atoms with E-state index in [9.17, 15) is 9.59 Å². The molecule has 1 fully saturated rings. The second-order valence-corrected chi connectivity index (χ2v) is 6.90. The summed E-state index contributed by atoms with van der Waals surface area (Å²) in [7, 11) is 0. The van der Waals surface area contributed by atoms with Crippen LogP contribution in [-0.2, 0) is 9.59 Å². The maximum atomic E-state index is 12.5. The number of fused-ring (bicyclic) bond motifs is 2. The fourth-order valence-electron chi connectivity index (χ4n) is 3.23. The van der Waals surface area contributed by atoms with Crippen molar-refractivity contribution in [3.05, 3.63) is 24.3 Å². The van der Waals surface area contributed by atoms with Gasteiger partial charge in [-0.2, -0.15) is 0 Å². The lowest BCUT2D eigenvalue weighted by molar-refractivity contribution is -0.126. The zero-order chi connectivity index (χ0) is 14.1. The monoisotopic (exact) mass is 289 g/mol. The number of rotatable bonds is 2. The summed E-state index contributed by atoms with van der Waals surface area (Å²) >= 11 is 1.90. The summed E-state index contributed by atoms with van der Waals surface area (Å²) in [6.07, 6.45) is 4.64. The molecule has 1 aliphatic heterocycles. The number of amides is 1. The Balaban J connectivity index is 1.98. The van der Waals surface area contributed by atoms with Gasteiger partial charge >= 0.3 is 0 Å². The van der Waals surface area contributed by atoms with Gasteiger partial charge in [-0.15, -0.1) is 11.8 Å². The molecule has 0 radical (unpaired) electrons. The second kappa shape index (κ2) is 5.60. The Kier molecular flexibility index (Phi) is 3.83. The molecule has 3 nitrogen and oxygen atoms in total. The molecule has 1 heterocycles. The van der Waals surface area contributed by atoms with Crippen molar-refractivity contribution in [2.24, 2.45) is 0 Å². The summed E-state index contributed by atoms with van der Waals surface area (Å²) in [6.45, 7) is 1.49. The summed E-state index contributed by atoms with van der Waals surface area (Å²) in [4.78, 5) is 26.9. The van der Waals surface area contributed by atoms with E-state index < -0.39 is 0 Å². The first-order valence-electron chi connectivity index (χ1n) is 7.24. The molecule has 0 N–H and O–H groups in total. The van der Waals surface area contributed by atoms with Crippen LogP contribution in [0.15, 0.2) is 29.2 Å². The number of nitrogens with zero attached hydrogens (tertiary/aromatic N) is 1. The van der Waals surface area contributed by atoms with Gasteiger partial charge in [-0.1, -0.05) is 25.0 Å². The highest BCUT2D eigenvalue weighted by Gasteiger charge is 2.39. The van der Waals surface area contributed by atoms with E-state index in [4.69, 9.17) is 0 Å². The first kappa shape index (κ1) is 13.7. The van der Waals surface area contributed by atoms with Crippen LogP contribution in [0.5, 0.6) is 0 Å². The highest BCUT2D eigenvalue weighted by Crippen LogP contribution is 2.46. The molecule has 0 spiro atoms. The fraction of sp³-hybridized carbons (Fsp3) is 0.500. The number of Topliss-reactive ketones (excluding diaryl/α,β-unsaturated/α-hetero) is 1. The van der Waals surface area contributed by atoms with Gasteiger partial charge in [-0.3, -0.25) is 9.59 Å². The summed E-state index contributed by atoms with van der Waals surface area (Å²) in [5.41, 5.74) is 0.993. The van der Waals surface area contributed by atoms with Gasteiger partial charge in [0.25, 0.3) is 0 Å². The molecule has 4 heteroatoms. The summed E-state index contributed by atoms with van der Waals surface area (Å²) < 4.78 is 0. The molecule has 1 aromatic carbocycles. The SMILES string of the molecule is CC(=O)CC(=O)N1c2ccccc2SC2CCCCC21. The third-order valence-corrected chi connectivity index (χ3v) is 5.52. The van der Waals surface area contributed by atoms with Crippen LogP contribution in [0.4, 0.5) is 5.69 Å². The predicted octanol–water partition coefficient (Wildman–Crippen LogP) is 3.42. The third kappa shape index (κ3) is 2.49. The number of anilines is 1. The quantitative estimate of drug-likeness (QED) is 0.783. The van der Waals surface area contributed by atoms with E-state index in [-0.39, 0.29) is 24.2 Å².